The predicted molar refractivity (Wildman–Crippen MR) is 144 cm³/mol. The highest BCUT2D eigenvalue weighted by molar-refractivity contribution is 7.89. The number of sulfonamides is 1. The minimum atomic E-state index is -3.81. The van der Waals surface area contributed by atoms with E-state index < -0.39 is 10.0 Å². The van der Waals surface area contributed by atoms with Crippen molar-refractivity contribution in [3.8, 4) is 0 Å². The Morgan fingerprint density at radius 2 is 1.58 bits per heavy atom. The molecule has 0 aliphatic carbocycles. The number of carbonyl (C=O) groups is 1. The molecule has 1 heterocycles. The Morgan fingerprint density at radius 3 is 2.28 bits per heavy atom. The summed E-state index contributed by atoms with van der Waals surface area (Å²) in [6, 6.07) is 24.1. The molecule has 0 aliphatic rings. The van der Waals surface area contributed by atoms with Crippen LogP contribution in [0.15, 0.2) is 90.0 Å². The van der Waals surface area contributed by atoms with Crippen LogP contribution in [0.3, 0.4) is 0 Å². The first-order valence-electron chi connectivity index (χ1n) is 12.2. The largest absolute Gasteiger partial charge is 0.361 e. The molecule has 4 aromatic rings. The fourth-order valence-electron chi connectivity index (χ4n) is 4.31. The molecule has 0 radical (unpaired) electrons. The van der Waals surface area contributed by atoms with Gasteiger partial charge < -0.3 is 9.88 Å². The Bertz CT molecular complexity index is 1410. The second kappa shape index (κ2) is 11.1. The standard InChI is InChI=1S/C29H33N3O3S/c1-22(2)32(36(34,35)26-9-5-4-6-10-26)21-29(33)31(20-24-15-13-23(3)14-16-24)18-17-25-19-30-28-12-8-7-11-27(25)28/h4-16,19,22,30H,17-18,20-21H2,1-3H3. The zero-order valence-corrected chi connectivity index (χ0v) is 21.8. The topological polar surface area (TPSA) is 73.5 Å². The number of rotatable bonds is 10. The van der Waals surface area contributed by atoms with Crippen LogP contribution >= 0.6 is 0 Å². The number of para-hydroxylation sites is 1. The fourth-order valence-corrected chi connectivity index (χ4v) is 5.91. The van der Waals surface area contributed by atoms with Crippen LogP contribution in [0.2, 0.25) is 0 Å². The SMILES string of the molecule is Cc1ccc(CN(CCc2c[nH]c3ccccc23)C(=O)CN(C(C)C)S(=O)(=O)c2ccccc2)cc1. The van der Waals surface area contributed by atoms with Crippen LogP contribution in [0.4, 0.5) is 0 Å². The van der Waals surface area contributed by atoms with Crippen molar-refractivity contribution < 1.29 is 13.2 Å². The van der Waals surface area contributed by atoms with Crippen LogP contribution in [-0.4, -0.2) is 47.6 Å². The van der Waals surface area contributed by atoms with Gasteiger partial charge in [0.15, 0.2) is 0 Å². The van der Waals surface area contributed by atoms with E-state index in [4.69, 9.17) is 0 Å². The smallest absolute Gasteiger partial charge is 0.243 e. The number of nitrogens with one attached hydrogen (secondary N) is 1. The first kappa shape index (κ1) is 25.7. The Balaban J connectivity index is 1.58. The van der Waals surface area contributed by atoms with Crippen molar-refractivity contribution in [1.29, 1.82) is 0 Å². The number of H-pyrrole nitrogens is 1. The molecule has 0 spiro atoms. The molecular formula is C29H33N3O3S. The van der Waals surface area contributed by atoms with Gasteiger partial charge in [0.25, 0.3) is 0 Å². The molecule has 0 fully saturated rings. The summed E-state index contributed by atoms with van der Waals surface area (Å²) in [6.45, 7) is 6.30. The Morgan fingerprint density at radius 1 is 0.917 bits per heavy atom. The van der Waals surface area contributed by atoms with Crippen LogP contribution in [-0.2, 0) is 27.8 Å². The molecule has 3 aromatic carbocycles. The second-order valence-corrected chi connectivity index (χ2v) is 11.3. The monoisotopic (exact) mass is 503 g/mol. The number of aromatic amines is 1. The third-order valence-electron chi connectivity index (χ3n) is 6.39. The summed E-state index contributed by atoms with van der Waals surface area (Å²) in [5.41, 5.74) is 4.35. The molecule has 188 valence electrons. The van der Waals surface area contributed by atoms with Crippen molar-refractivity contribution >= 4 is 26.8 Å². The average molecular weight is 504 g/mol. The van der Waals surface area contributed by atoms with Crippen molar-refractivity contribution in [2.45, 2.75) is 44.7 Å². The molecule has 0 saturated carbocycles. The number of benzene rings is 3. The summed E-state index contributed by atoms with van der Waals surface area (Å²) < 4.78 is 28.0. The minimum Gasteiger partial charge on any atom is -0.361 e. The van der Waals surface area contributed by atoms with Gasteiger partial charge in [0.05, 0.1) is 11.4 Å². The summed E-state index contributed by atoms with van der Waals surface area (Å²) in [4.78, 5) is 18.9. The van der Waals surface area contributed by atoms with Gasteiger partial charge in [-0.1, -0.05) is 66.2 Å². The number of amides is 1. The van der Waals surface area contributed by atoms with Crippen LogP contribution in [0.1, 0.15) is 30.5 Å². The number of nitrogens with zero attached hydrogens (tertiary/aromatic N) is 2. The second-order valence-electron chi connectivity index (χ2n) is 9.37. The van der Waals surface area contributed by atoms with Crippen molar-refractivity contribution in [2.24, 2.45) is 0 Å². The molecule has 7 heteroatoms. The van der Waals surface area contributed by atoms with Gasteiger partial charge in [-0.05, 0) is 56.5 Å². The summed E-state index contributed by atoms with van der Waals surface area (Å²) in [5.74, 6) is -0.219. The average Bonchev–Trinajstić information content (AvgIpc) is 3.29. The van der Waals surface area contributed by atoms with E-state index in [2.05, 4.69) is 11.1 Å². The van der Waals surface area contributed by atoms with E-state index in [1.165, 1.54) is 4.31 Å². The maximum atomic E-state index is 13.6. The number of hydrogen-bond donors (Lipinski definition) is 1. The summed E-state index contributed by atoms with van der Waals surface area (Å²) in [6.07, 6.45) is 2.65. The number of aromatic nitrogens is 1. The first-order valence-corrected chi connectivity index (χ1v) is 13.6. The molecule has 4 rings (SSSR count). The molecule has 6 nitrogen and oxygen atoms in total. The maximum Gasteiger partial charge on any atom is 0.243 e. The first-order chi connectivity index (χ1) is 17.3. The Labute approximate surface area is 213 Å². The lowest BCUT2D eigenvalue weighted by Gasteiger charge is -2.29. The van der Waals surface area contributed by atoms with Gasteiger partial charge in [0.1, 0.15) is 0 Å². The molecule has 1 aromatic heterocycles. The maximum absolute atomic E-state index is 13.6. The highest BCUT2D eigenvalue weighted by Gasteiger charge is 2.30. The van der Waals surface area contributed by atoms with Gasteiger partial charge in [-0.2, -0.15) is 4.31 Å². The molecule has 36 heavy (non-hydrogen) atoms. The third-order valence-corrected chi connectivity index (χ3v) is 8.43. The molecule has 0 bridgehead atoms. The molecule has 0 unspecified atom stereocenters. The number of aryl methyl sites for hydroxylation is 1. The van der Waals surface area contributed by atoms with Crippen LogP contribution in [0.25, 0.3) is 10.9 Å². The molecule has 0 atom stereocenters. The van der Waals surface area contributed by atoms with Crippen LogP contribution in [0.5, 0.6) is 0 Å². The van der Waals surface area contributed by atoms with Gasteiger partial charge in [0, 0.05) is 36.2 Å². The lowest BCUT2D eigenvalue weighted by atomic mass is 10.1. The normalized spacial score (nSPS) is 11.9. The van der Waals surface area contributed by atoms with Crippen molar-refractivity contribution in [3.63, 3.8) is 0 Å². The number of hydrogen-bond acceptors (Lipinski definition) is 3. The lowest BCUT2D eigenvalue weighted by molar-refractivity contribution is -0.132. The lowest BCUT2D eigenvalue weighted by Crippen LogP contribution is -2.46. The molecule has 1 N–H and O–H groups in total. The van der Waals surface area contributed by atoms with E-state index in [1.54, 1.807) is 49.1 Å². The highest BCUT2D eigenvalue weighted by atomic mass is 32.2. The van der Waals surface area contributed by atoms with Crippen molar-refractivity contribution in [2.75, 3.05) is 13.1 Å². The van der Waals surface area contributed by atoms with E-state index in [-0.39, 0.29) is 23.4 Å². The fraction of sp³-hybridized carbons (Fsp3) is 0.276. The molecule has 1 amide bonds. The molecule has 0 saturated heterocycles. The molecule has 0 aliphatic heterocycles. The predicted octanol–water partition coefficient (Wildman–Crippen LogP) is 5.15. The minimum absolute atomic E-state index is 0.190. The van der Waals surface area contributed by atoms with Gasteiger partial charge >= 0.3 is 0 Å². The van der Waals surface area contributed by atoms with E-state index in [1.807, 2.05) is 55.6 Å². The number of fused-ring (bicyclic) bond motifs is 1. The quantitative estimate of drug-likeness (QED) is 0.325. The zero-order valence-electron chi connectivity index (χ0n) is 21.0. The summed E-state index contributed by atoms with van der Waals surface area (Å²) in [7, 11) is -3.81. The summed E-state index contributed by atoms with van der Waals surface area (Å²) in [5, 5.41) is 1.13. The number of carbonyl (C=O) groups excluding carboxylic acids is 1. The van der Waals surface area contributed by atoms with Crippen molar-refractivity contribution in [3.05, 3.63) is 102 Å². The van der Waals surface area contributed by atoms with Gasteiger partial charge in [-0.25, -0.2) is 8.42 Å². The molecular weight excluding hydrogens is 470 g/mol. The Hall–Kier alpha value is -3.42. The zero-order chi connectivity index (χ0) is 25.7. The van der Waals surface area contributed by atoms with E-state index in [0.29, 0.717) is 19.5 Å². The third kappa shape index (κ3) is 5.86. The van der Waals surface area contributed by atoms with E-state index in [9.17, 15) is 13.2 Å². The van der Waals surface area contributed by atoms with Gasteiger partial charge in [0.2, 0.25) is 15.9 Å². The van der Waals surface area contributed by atoms with Crippen LogP contribution in [0, 0.1) is 6.92 Å². The van der Waals surface area contributed by atoms with E-state index in [0.717, 1.165) is 27.6 Å². The Kier molecular flexibility index (Phi) is 7.91. The van der Waals surface area contributed by atoms with Gasteiger partial charge in [-0.15, -0.1) is 0 Å². The van der Waals surface area contributed by atoms with Crippen LogP contribution < -0.4 is 0 Å². The highest BCUT2D eigenvalue weighted by Crippen LogP contribution is 2.21. The van der Waals surface area contributed by atoms with Gasteiger partial charge in [-0.3, -0.25) is 4.79 Å². The van der Waals surface area contributed by atoms with Crippen molar-refractivity contribution in [1.82, 2.24) is 14.2 Å². The van der Waals surface area contributed by atoms with E-state index >= 15 is 0 Å². The summed E-state index contributed by atoms with van der Waals surface area (Å²) >= 11 is 0.